The van der Waals surface area contributed by atoms with Gasteiger partial charge in [0.15, 0.2) is 0 Å². The first kappa shape index (κ1) is 19.8. The second-order valence-corrected chi connectivity index (χ2v) is 7.79. The Morgan fingerprint density at radius 1 is 1.32 bits per heavy atom. The number of nitrogens with one attached hydrogen (secondary N) is 1. The molecule has 1 amide bonds. The summed E-state index contributed by atoms with van der Waals surface area (Å²) in [6, 6.07) is 7.59. The minimum absolute atomic E-state index is 0.0345. The summed E-state index contributed by atoms with van der Waals surface area (Å²) in [5, 5.41) is 4.04. The van der Waals surface area contributed by atoms with Gasteiger partial charge < -0.3 is 4.74 Å². The molecule has 0 bridgehead atoms. The second kappa shape index (κ2) is 8.72. The van der Waals surface area contributed by atoms with Crippen molar-refractivity contribution in [2.75, 3.05) is 6.61 Å². The standard InChI is InChI=1S/C19H24Cl2N2O2/c1-4-5-10-25-14-8-6-13(7-9-14)12-22-23-18(24)17-15(11-16(20)21)19(17,2)3/h6-9,11-12,15,17H,4-5,10H2,1-3H3,(H,23,24)/b22-12-/t15-,17+/m0/s1. The molecule has 0 unspecified atom stereocenters. The van der Waals surface area contributed by atoms with Crippen LogP contribution >= 0.6 is 23.2 Å². The molecule has 0 heterocycles. The lowest BCUT2D eigenvalue weighted by atomic mass is 10.1. The van der Waals surface area contributed by atoms with Gasteiger partial charge in [-0.3, -0.25) is 4.79 Å². The number of unbranched alkanes of at least 4 members (excludes halogenated alkanes) is 1. The number of hydrogen-bond donors (Lipinski definition) is 1. The summed E-state index contributed by atoms with van der Waals surface area (Å²) in [5.74, 6) is 0.567. The van der Waals surface area contributed by atoms with Gasteiger partial charge in [-0.2, -0.15) is 5.10 Å². The number of carbonyl (C=O) groups excluding carboxylic acids is 1. The molecule has 1 aliphatic carbocycles. The van der Waals surface area contributed by atoms with Gasteiger partial charge in [0.2, 0.25) is 5.91 Å². The number of amides is 1. The lowest BCUT2D eigenvalue weighted by Crippen LogP contribution is -2.21. The van der Waals surface area contributed by atoms with E-state index in [2.05, 4.69) is 17.5 Å². The van der Waals surface area contributed by atoms with Gasteiger partial charge in [-0.05, 0) is 53.7 Å². The molecule has 1 aliphatic rings. The largest absolute Gasteiger partial charge is 0.494 e. The number of hydrazone groups is 1. The molecule has 0 spiro atoms. The molecule has 1 aromatic rings. The van der Waals surface area contributed by atoms with Crippen LogP contribution in [0.1, 0.15) is 39.2 Å². The highest BCUT2D eigenvalue weighted by Crippen LogP contribution is 2.59. The number of halogens is 2. The van der Waals surface area contributed by atoms with E-state index in [9.17, 15) is 4.79 Å². The summed E-state index contributed by atoms with van der Waals surface area (Å²) in [6.45, 7) is 6.87. The van der Waals surface area contributed by atoms with E-state index >= 15 is 0 Å². The molecule has 2 atom stereocenters. The number of ether oxygens (including phenoxy) is 1. The Hall–Kier alpha value is -1.52. The van der Waals surface area contributed by atoms with Gasteiger partial charge in [-0.25, -0.2) is 5.43 Å². The van der Waals surface area contributed by atoms with Gasteiger partial charge in [0.05, 0.1) is 18.7 Å². The van der Waals surface area contributed by atoms with Crippen LogP contribution in [0.4, 0.5) is 0 Å². The van der Waals surface area contributed by atoms with E-state index in [1.165, 1.54) is 0 Å². The SMILES string of the molecule is CCCCOc1ccc(/C=N\NC(=O)[C@H]2[C@H](C=C(Cl)Cl)C2(C)C)cc1. The maximum atomic E-state index is 12.2. The van der Waals surface area contributed by atoms with E-state index in [1.54, 1.807) is 12.3 Å². The lowest BCUT2D eigenvalue weighted by Gasteiger charge is -2.05. The van der Waals surface area contributed by atoms with Crippen LogP contribution in [0.25, 0.3) is 0 Å². The molecule has 1 N–H and O–H groups in total. The van der Waals surface area contributed by atoms with Crippen molar-refractivity contribution in [1.29, 1.82) is 0 Å². The average Bonchev–Trinajstić information content (AvgIpc) is 3.08. The van der Waals surface area contributed by atoms with Gasteiger partial charge in [0.1, 0.15) is 10.2 Å². The van der Waals surface area contributed by atoms with E-state index in [0.717, 1.165) is 30.8 Å². The Morgan fingerprint density at radius 3 is 2.60 bits per heavy atom. The van der Waals surface area contributed by atoms with Crippen molar-refractivity contribution < 1.29 is 9.53 Å². The maximum Gasteiger partial charge on any atom is 0.244 e. The smallest absolute Gasteiger partial charge is 0.244 e. The number of nitrogens with zero attached hydrogens (tertiary/aromatic N) is 1. The fourth-order valence-corrected chi connectivity index (χ4v) is 3.12. The van der Waals surface area contributed by atoms with Crippen molar-refractivity contribution in [2.45, 2.75) is 33.6 Å². The van der Waals surface area contributed by atoms with Crippen LogP contribution in [0.15, 0.2) is 39.9 Å². The normalized spacial score (nSPS) is 21.0. The minimum Gasteiger partial charge on any atom is -0.494 e. The molecule has 2 rings (SSSR count). The first-order valence-electron chi connectivity index (χ1n) is 8.45. The molecule has 0 saturated heterocycles. The van der Waals surface area contributed by atoms with E-state index in [4.69, 9.17) is 27.9 Å². The first-order valence-corrected chi connectivity index (χ1v) is 9.20. The summed E-state index contributed by atoms with van der Waals surface area (Å²) < 4.78 is 5.80. The zero-order valence-corrected chi connectivity index (χ0v) is 16.3. The highest BCUT2D eigenvalue weighted by atomic mass is 35.5. The summed E-state index contributed by atoms with van der Waals surface area (Å²) in [7, 11) is 0. The van der Waals surface area contributed by atoms with E-state index in [1.807, 2.05) is 38.1 Å². The molecule has 6 heteroatoms. The fourth-order valence-electron chi connectivity index (χ4n) is 2.85. The van der Waals surface area contributed by atoms with Crippen LogP contribution < -0.4 is 10.2 Å². The minimum atomic E-state index is -0.175. The third kappa shape index (κ3) is 5.48. The fraction of sp³-hybridized carbons (Fsp3) is 0.474. The Bertz CT molecular complexity index is 650. The van der Waals surface area contributed by atoms with Gasteiger partial charge >= 0.3 is 0 Å². The summed E-state index contributed by atoms with van der Waals surface area (Å²) >= 11 is 11.4. The Morgan fingerprint density at radius 2 is 2.00 bits per heavy atom. The molecule has 0 aromatic heterocycles. The van der Waals surface area contributed by atoms with Crippen molar-refractivity contribution in [3.05, 3.63) is 40.4 Å². The predicted molar refractivity (Wildman–Crippen MR) is 103 cm³/mol. The highest BCUT2D eigenvalue weighted by molar-refractivity contribution is 6.55. The zero-order chi connectivity index (χ0) is 18.4. The number of rotatable bonds is 8. The van der Waals surface area contributed by atoms with Crippen LogP contribution in [0.3, 0.4) is 0 Å². The van der Waals surface area contributed by atoms with E-state index in [0.29, 0.717) is 0 Å². The van der Waals surface area contributed by atoms with Crippen LogP contribution in [0.5, 0.6) is 5.75 Å². The molecule has 25 heavy (non-hydrogen) atoms. The van der Waals surface area contributed by atoms with Gasteiger partial charge in [0, 0.05) is 0 Å². The molecular formula is C19H24Cl2N2O2. The Balaban J connectivity index is 1.85. The molecule has 1 aromatic carbocycles. The molecule has 1 fully saturated rings. The van der Waals surface area contributed by atoms with Gasteiger partial charge in [-0.15, -0.1) is 0 Å². The molecule has 0 radical (unpaired) electrons. The van der Waals surface area contributed by atoms with E-state index in [-0.39, 0.29) is 27.6 Å². The molecule has 1 saturated carbocycles. The third-order valence-corrected chi connectivity index (χ3v) is 4.79. The molecule has 0 aliphatic heterocycles. The van der Waals surface area contributed by atoms with Crippen molar-refractivity contribution in [3.8, 4) is 5.75 Å². The summed E-state index contributed by atoms with van der Waals surface area (Å²) in [4.78, 5) is 12.2. The Labute approximate surface area is 159 Å². The molecule has 4 nitrogen and oxygen atoms in total. The number of allylic oxidation sites excluding steroid dienone is 1. The van der Waals surface area contributed by atoms with Crippen molar-refractivity contribution >= 4 is 35.3 Å². The number of carbonyl (C=O) groups is 1. The summed E-state index contributed by atoms with van der Waals surface area (Å²) in [5.41, 5.74) is 3.32. The number of benzene rings is 1. The van der Waals surface area contributed by atoms with Gasteiger partial charge in [-0.1, -0.05) is 50.4 Å². The predicted octanol–water partition coefficient (Wildman–Crippen LogP) is 4.91. The average molecular weight is 383 g/mol. The summed E-state index contributed by atoms with van der Waals surface area (Å²) in [6.07, 6.45) is 5.48. The van der Waals surface area contributed by atoms with Crippen molar-refractivity contribution in [1.82, 2.24) is 5.43 Å². The molecular weight excluding hydrogens is 359 g/mol. The zero-order valence-electron chi connectivity index (χ0n) is 14.8. The number of hydrogen-bond acceptors (Lipinski definition) is 3. The van der Waals surface area contributed by atoms with Crippen LogP contribution in [0, 0.1) is 17.3 Å². The van der Waals surface area contributed by atoms with Crippen molar-refractivity contribution in [3.63, 3.8) is 0 Å². The second-order valence-electron chi connectivity index (χ2n) is 6.79. The van der Waals surface area contributed by atoms with Crippen LogP contribution in [-0.4, -0.2) is 18.7 Å². The highest BCUT2D eigenvalue weighted by Gasteiger charge is 2.60. The van der Waals surface area contributed by atoms with Crippen LogP contribution in [0.2, 0.25) is 0 Å². The lowest BCUT2D eigenvalue weighted by molar-refractivity contribution is -0.123. The maximum absolute atomic E-state index is 12.2. The van der Waals surface area contributed by atoms with E-state index < -0.39 is 0 Å². The van der Waals surface area contributed by atoms with Gasteiger partial charge in [0.25, 0.3) is 0 Å². The molecule has 136 valence electrons. The third-order valence-electron chi connectivity index (χ3n) is 4.53. The quantitative estimate of drug-likeness (QED) is 0.394. The topological polar surface area (TPSA) is 50.7 Å². The Kier molecular flexibility index (Phi) is 6.91. The first-order chi connectivity index (χ1) is 11.9. The van der Waals surface area contributed by atoms with Crippen LogP contribution in [-0.2, 0) is 4.79 Å². The monoisotopic (exact) mass is 382 g/mol. The van der Waals surface area contributed by atoms with Crippen molar-refractivity contribution in [2.24, 2.45) is 22.4 Å².